The number of ether oxygens (including phenoxy) is 2. The van der Waals surface area contributed by atoms with Gasteiger partial charge < -0.3 is 14.8 Å². The van der Waals surface area contributed by atoms with Crippen LogP contribution < -0.4 is 14.8 Å². The van der Waals surface area contributed by atoms with E-state index in [2.05, 4.69) is 5.32 Å². The number of para-hydroxylation sites is 1. The first-order valence-electron chi connectivity index (χ1n) is 9.94. The second-order valence-electron chi connectivity index (χ2n) is 7.33. The molecule has 0 radical (unpaired) electrons. The molecular weight excluding hydrogens is 404 g/mol. The van der Waals surface area contributed by atoms with E-state index in [0.29, 0.717) is 31.7 Å². The normalized spacial score (nSPS) is 16.6. The number of carbonyl (C=O) groups excluding carboxylic acids is 1. The van der Waals surface area contributed by atoms with Crippen molar-refractivity contribution < 1.29 is 22.7 Å². The topological polar surface area (TPSA) is 84.9 Å². The third-order valence-corrected chi connectivity index (χ3v) is 7.40. The molecule has 1 aliphatic rings. The summed E-state index contributed by atoms with van der Waals surface area (Å²) in [6, 6.07) is 13.7. The fourth-order valence-corrected chi connectivity index (χ4v) is 5.16. The lowest BCUT2D eigenvalue weighted by molar-refractivity contribution is -0.126. The zero-order valence-corrected chi connectivity index (χ0v) is 18.3. The summed E-state index contributed by atoms with van der Waals surface area (Å²) in [6.45, 7) is 2.55. The third-order valence-electron chi connectivity index (χ3n) is 5.49. The lowest BCUT2D eigenvalue weighted by Crippen LogP contribution is -2.43. The number of sulfonamides is 1. The molecule has 1 N–H and O–H groups in total. The average molecular weight is 433 g/mol. The summed E-state index contributed by atoms with van der Waals surface area (Å²) < 4.78 is 37.6. The Balaban J connectivity index is 1.59. The molecule has 0 spiro atoms. The first kappa shape index (κ1) is 22.1. The number of rotatable bonds is 7. The van der Waals surface area contributed by atoms with Crippen LogP contribution in [0.25, 0.3) is 0 Å². The van der Waals surface area contributed by atoms with Gasteiger partial charge in [-0.05, 0) is 50.1 Å². The number of methoxy groups -OCH3 is 2. The van der Waals surface area contributed by atoms with Crippen LogP contribution in [0.5, 0.6) is 11.5 Å². The predicted molar refractivity (Wildman–Crippen MR) is 114 cm³/mol. The van der Waals surface area contributed by atoms with E-state index in [4.69, 9.17) is 9.47 Å². The zero-order chi connectivity index (χ0) is 21.7. The molecule has 1 atom stereocenters. The molecule has 1 amide bonds. The lowest BCUT2D eigenvalue weighted by atomic mass is 9.96. The standard InChI is InChI=1S/C22H28N2O5S/c1-16(20-6-4-5-7-21(20)29-3)23-22(25)17-12-14-24(15-13-17)30(26,27)19-10-8-18(28-2)9-11-19/h4-11,16-17H,12-15H2,1-3H3,(H,23,25)/t16-/m1/s1. The number of amides is 1. The molecule has 0 saturated carbocycles. The van der Waals surface area contributed by atoms with Gasteiger partial charge in [-0.3, -0.25) is 4.79 Å². The summed E-state index contributed by atoms with van der Waals surface area (Å²) in [7, 11) is -0.442. The average Bonchev–Trinajstić information content (AvgIpc) is 2.79. The molecule has 3 rings (SSSR count). The van der Waals surface area contributed by atoms with E-state index < -0.39 is 10.0 Å². The molecule has 0 bridgehead atoms. The maximum Gasteiger partial charge on any atom is 0.243 e. The van der Waals surface area contributed by atoms with Crippen molar-refractivity contribution in [1.29, 1.82) is 0 Å². The maximum atomic E-state index is 12.9. The Bertz CT molecular complexity index is 967. The zero-order valence-electron chi connectivity index (χ0n) is 17.5. The number of nitrogens with zero attached hydrogens (tertiary/aromatic N) is 1. The Labute approximate surface area is 178 Å². The number of hydrogen-bond acceptors (Lipinski definition) is 5. The largest absolute Gasteiger partial charge is 0.497 e. The highest BCUT2D eigenvalue weighted by atomic mass is 32.2. The van der Waals surface area contributed by atoms with Crippen LogP contribution >= 0.6 is 0 Å². The Morgan fingerprint density at radius 3 is 2.27 bits per heavy atom. The van der Waals surface area contributed by atoms with Crippen molar-refractivity contribution in [3.8, 4) is 11.5 Å². The van der Waals surface area contributed by atoms with Crippen LogP contribution in [0.15, 0.2) is 53.4 Å². The third kappa shape index (κ3) is 4.76. The minimum absolute atomic E-state index is 0.0603. The van der Waals surface area contributed by atoms with E-state index in [1.54, 1.807) is 31.4 Å². The number of piperidine rings is 1. The van der Waals surface area contributed by atoms with Crippen LogP contribution in [0, 0.1) is 5.92 Å². The van der Waals surface area contributed by atoms with Gasteiger partial charge in [-0.1, -0.05) is 18.2 Å². The van der Waals surface area contributed by atoms with Gasteiger partial charge >= 0.3 is 0 Å². The molecule has 2 aromatic carbocycles. The van der Waals surface area contributed by atoms with Gasteiger partial charge in [0.05, 0.1) is 25.2 Å². The summed E-state index contributed by atoms with van der Waals surface area (Å²) in [6.07, 6.45) is 0.972. The number of benzene rings is 2. The monoisotopic (exact) mass is 432 g/mol. The molecule has 0 unspecified atom stereocenters. The van der Waals surface area contributed by atoms with Gasteiger partial charge in [0, 0.05) is 24.6 Å². The molecule has 162 valence electrons. The van der Waals surface area contributed by atoms with Crippen LogP contribution in [-0.2, 0) is 14.8 Å². The van der Waals surface area contributed by atoms with Crippen LogP contribution in [0.2, 0.25) is 0 Å². The van der Waals surface area contributed by atoms with E-state index in [-0.39, 0.29) is 22.8 Å². The van der Waals surface area contributed by atoms with Gasteiger partial charge in [-0.25, -0.2) is 8.42 Å². The van der Waals surface area contributed by atoms with Gasteiger partial charge in [0.15, 0.2) is 0 Å². The van der Waals surface area contributed by atoms with E-state index in [9.17, 15) is 13.2 Å². The fraction of sp³-hybridized carbons (Fsp3) is 0.409. The minimum Gasteiger partial charge on any atom is -0.497 e. The fourth-order valence-electron chi connectivity index (χ4n) is 3.69. The highest BCUT2D eigenvalue weighted by Crippen LogP contribution is 2.28. The molecule has 1 aliphatic heterocycles. The molecule has 7 nitrogen and oxygen atoms in total. The SMILES string of the molecule is COc1ccc(S(=O)(=O)N2CCC(C(=O)N[C@H](C)c3ccccc3OC)CC2)cc1. The van der Waals surface area contributed by atoms with Crippen molar-refractivity contribution in [3.05, 3.63) is 54.1 Å². The van der Waals surface area contributed by atoms with Crippen molar-refractivity contribution in [1.82, 2.24) is 9.62 Å². The molecule has 8 heteroatoms. The molecule has 2 aromatic rings. The lowest BCUT2D eigenvalue weighted by Gasteiger charge is -2.31. The first-order valence-corrected chi connectivity index (χ1v) is 11.4. The summed E-state index contributed by atoms with van der Waals surface area (Å²) in [5.74, 6) is 1.05. The molecule has 0 aromatic heterocycles. The van der Waals surface area contributed by atoms with Gasteiger partial charge in [-0.15, -0.1) is 0 Å². The number of hydrogen-bond donors (Lipinski definition) is 1. The maximum absolute atomic E-state index is 12.9. The Morgan fingerprint density at radius 2 is 1.67 bits per heavy atom. The van der Waals surface area contributed by atoms with Crippen molar-refractivity contribution in [2.45, 2.75) is 30.7 Å². The van der Waals surface area contributed by atoms with Crippen LogP contribution in [-0.4, -0.2) is 45.9 Å². The van der Waals surface area contributed by atoms with Crippen LogP contribution in [0.1, 0.15) is 31.4 Å². The predicted octanol–water partition coefficient (Wildman–Crippen LogP) is 2.98. The Hall–Kier alpha value is -2.58. The summed E-state index contributed by atoms with van der Waals surface area (Å²) in [4.78, 5) is 13.0. The minimum atomic E-state index is -3.58. The van der Waals surface area contributed by atoms with Crippen molar-refractivity contribution >= 4 is 15.9 Å². The quantitative estimate of drug-likeness (QED) is 0.727. The molecular formula is C22H28N2O5S. The van der Waals surface area contributed by atoms with E-state index in [0.717, 1.165) is 11.3 Å². The first-order chi connectivity index (χ1) is 14.4. The smallest absolute Gasteiger partial charge is 0.243 e. The second-order valence-corrected chi connectivity index (χ2v) is 9.26. The Morgan fingerprint density at radius 1 is 1.03 bits per heavy atom. The second kappa shape index (κ2) is 9.49. The van der Waals surface area contributed by atoms with E-state index in [1.807, 2.05) is 31.2 Å². The van der Waals surface area contributed by atoms with Crippen molar-refractivity contribution in [2.24, 2.45) is 5.92 Å². The molecule has 1 saturated heterocycles. The number of carbonyl (C=O) groups is 1. The highest BCUT2D eigenvalue weighted by molar-refractivity contribution is 7.89. The van der Waals surface area contributed by atoms with E-state index in [1.165, 1.54) is 11.4 Å². The Kier molecular flexibility index (Phi) is 6.99. The molecule has 0 aliphatic carbocycles. The molecule has 1 fully saturated rings. The summed E-state index contributed by atoms with van der Waals surface area (Å²) >= 11 is 0. The van der Waals surface area contributed by atoms with Crippen molar-refractivity contribution in [3.63, 3.8) is 0 Å². The highest BCUT2D eigenvalue weighted by Gasteiger charge is 2.32. The van der Waals surface area contributed by atoms with Gasteiger partial charge in [0.25, 0.3) is 0 Å². The van der Waals surface area contributed by atoms with Crippen LogP contribution in [0.4, 0.5) is 0 Å². The summed E-state index contributed by atoms with van der Waals surface area (Å²) in [5.41, 5.74) is 0.910. The van der Waals surface area contributed by atoms with E-state index >= 15 is 0 Å². The van der Waals surface area contributed by atoms with Gasteiger partial charge in [0.2, 0.25) is 15.9 Å². The van der Waals surface area contributed by atoms with Gasteiger partial charge in [0.1, 0.15) is 11.5 Å². The number of nitrogens with one attached hydrogen (secondary N) is 1. The van der Waals surface area contributed by atoms with Gasteiger partial charge in [-0.2, -0.15) is 4.31 Å². The molecule has 30 heavy (non-hydrogen) atoms. The van der Waals surface area contributed by atoms with Crippen molar-refractivity contribution in [2.75, 3.05) is 27.3 Å². The summed E-state index contributed by atoms with van der Waals surface area (Å²) in [5, 5.41) is 3.04. The van der Waals surface area contributed by atoms with Crippen LogP contribution in [0.3, 0.4) is 0 Å². The molecule has 1 heterocycles.